The van der Waals surface area contributed by atoms with Crippen molar-refractivity contribution in [2.45, 2.75) is 11.4 Å². The highest BCUT2D eigenvalue weighted by atomic mass is 32.2. The minimum atomic E-state index is -0.955. The van der Waals surface area contributed by atoms with Gasteiger partial charge in [0.1, 0.15) is 0 Å². The average Bonchev–Trinajstić information content (AvgIpc) is 2.19. The summed E-state index contributed by atoms with van der Waals surface area (Å²) in [7, 11) is 0.928. The van der Waals surface area contributed by atoms with E-state index in [-0.39, 0.29) is 0 Å². The van der Waals surface area contributed by atoms with Crippen LogP contribution < -0.4 is 5.32 Å². The normalized spacial score (nSPS) is 12.4. The molecule has 1 rings (SSSR count). The predicted octanol–water partition coefficient (Wildman–Crippen LogP) is 1.70. The SMILES string of the molecule is C=CCS(=O)c1ccccc1CNC. The summed E-state index contributed by atoms with van der Waals surface area (Å²) < 4.78 is 11.8. The molecule has 0 bridgehead atoms. The second kappa shape index (κ2) is 5.73. The fourth-order valence-corrected chi connectivity index (χ4v) is 2.32. The van der Waals surface area contributed by atoms with Crippen molar-refractivity contribution >= 4 is 10.8 Å². The topological polar surface area (TPSA) is 29.1 Å². The van der Waals surface area contributed by atoms with Crippen LogP contribution >= 0.6 is 0 Å². The molecule has 0 aliphatic rings. The van der Waals surface area contributed by atoms with Gasteiger partial charge in [-0.25, -0.2) is 0 Å². The van der Waals surface area contributed by atoms with Crippen LogP contribution in [0.15, 0.2) is 41.8 Å². The van der Waals surface area contributed by atoms with E-state index in [9.17, 15) is 4.21 Å². The lowest BCUT2D eigenvalue weighted by Gasteiger charge is -2.06. The molecule has 2 nitrogen and oxygen atoms in total. The first-order chi connectivity index (χ1) is 6.79. The Morgan fingerprint density at radius 2 is 2.21 bits per heavy atom. The van der Waals surface area contributed by atoms with Crippen molar-refractivity contribution in [3.63, 3.8) is 0 Å². The lowest BCUT2D eigenvalue weighted by molar-refractivity contribution is 0.683. The number of rotatable bonds is 5. The number of benzene rings is 1. The maximum absolute atomic E-state index is 11.8. The molecule has 0 radical (unpaired) electrons. The van der Waals surface area contributed by atoms with Crippen LogP contribution in [0.2, 0.25) is 0 Å². The van der Waals surface area contributed by atoms with Gasteiger partial charge in [-0.05, 0) is 18.7 Å². The quantitative estimate of drug-likeness (QED) is 0.748. The summed E-state index contributed by atoms with van der Waals surface area (Å²) in [5.41, 5.74) is 1.09. The summed E-state index contributed by atoms with van der Waals surface area (Å²) in [6, 6.07) is 7.77. The minimum Gasteiger partial charge on any atom is -0.316 e. The summed E-state index contributed by atoms with van der Waals surface area (Å²) in [6.45, 7) is 4.34. The molecule has 0 aliphatic carbocycles. The molecular formula is C11H15NOS. The maximum atomic E-state index is 11.8. The number of hydrogen-bond acceptors (Lipinski definition) is 2. The Bertz CT molecular complexity index is 336. The first-order valence-corrected chi connectivity index (χ1v) is 5.83. The van der Waals surface area contributed by atoms with Gasteiger partial charge in [0, 0.05) is 17.2 Å². The molecular weight excluding hydrogens is 194 g/mol. The van der Waals surface area contributed by atoms with Crippen LogP contribution in [-0.4, -0.2) is 17.0 Å². The van der Waals surface area contributed by atoms with Gasteiger partial charge in [-0.1, -0.05) is 24.3 Å². The highest BCUT2D eigenvalue weighted by Crippen LogP contribution is 2.13. The van der Waals surface area contributed by atoms with Crippen LogP contribution in [0.4, 0.5) is 0 Å². The Balaban J connectivity index is 2.93. The van der Waals surface area contributed by atoms with E-state index in [2.05, 4.69) is 11.9 Å². The van der Waals surface area contributed by atoms with Gasteiger partial charge >= 0.3 is 0 Å². The van der Waals surface area contributed by atoms with Crippen molar-refractivity contribution in [3.8, 4) is 0 Å². The van der Waals surface area contributed by atoms with Gasteiger partial charge in [0.2, 0.25) is 0 Å². The molecule has 0 aliphatic heterocycles. The highest BCUT2D eigenvalue weighted by Gasteiger charge is 2.06. The van der Waals surface area contributed by atoms with E-state index >= 15 is 0 Å². The summed E-state index contributed by atoms with van der Waals surface area (Å²) >= 11 is 0. The molecule has 1 atom stereocenters. The predicted molar refractivity (Wildman–Crippen MR) is 60.7 cm³/mol. The number of hydrogen-bond donors (Lipinski definition) is 1. The Hall–Kier alpha value is -0.930. The van der Waals surface area contributed by atoms with Gasteiger partial charge in [0.15, 0.2) is 0 Å². The van der Waals surface area contributed by atoms with E-state index in [1.807, 2.05) is 31.3 Å². The lowest BCUT2D eigenvalue weighted by atomic mass is 10.2. The second-order valence-electron chi connectivity index (χ2n) is 2.94. The Kier molecular flexibility index (Phi) is 4.56. The zero-order valence-corrected chi connectivity index (χ0v) is 9.14. The van der Waals surface area contributed by atoms with Gasteiger partial charge in [-0.2, -0.15) is 0 Å². The molecule has 76 valence electrons. The molecule has 1 N–H and O–H groups in total. The second-order valence-corrected chi connectivity index (χ2v) is 4.40. The summed E-state index contributed by atoms with van der Waals surface area (Å²) in [4.78, 5) is 0.904. The van der Waals surface area contributed by atoms with E-state index < -0.39 is 10.8 Å². The first kappa shape index (κ1) is 11.1. The van der Waals surface area contributed by atoms with Crippen molar-refractivity contribution in [2.75, 3.05) is 12.8 Å². The van der Waals surface area contributed by atoms with Crippen molar-refractivity contribution in [1.29, 1.82) is 0 Å². The highest BCUT2D eigenvalue weighted by molar-refractivity contribution is 7.85. The zero-order chi connectivity index (χ0) is 10.4. The van der Waals surface area contributed by atoms with Crippen LogP contribution in [0.1, 0.15) is 5.56 Å². The molecule has 14 heavy (non-hydrogen) atoms. The third kappa shape index (κ3) is 2.79. The molecule has 3 heteroatoms. The van der Waals surface area contributed by atoms with Gasteiger partial charge in [-0.3, -0.25) is 4.21 Å². The lowest BCUT2D eigenvalue weighted by Crippen LogP contribution is -2.09. The van der Waals surface area contributed by atoms with Crippen molar-refractivity contribution in [1.82, 2.24) is 5.32 Å². The van der Waals surface area contributed by atoms with Crippen LogP contribution in [0, 0.1) is 0 Å². The molecule has 0 heterocycles. The van der Waals surface area contributed by atoms with Crippen LogP contribution in [-0.2, 0) is 17.3 Å². The van der Waals surface area contributed by atoms with Gasteiger partial charge in [0.25, 0.3) is 0 Å². The van der Waals surface area contributed by atoms with E-state index in [0.29, 0.717) is 5.75 Å². The maximum Gasteiger partial charge on any atom is 0.0571 e. The van der Waals surface area contributed by atoms with E-state index in [0.717, 1.165) is 17.0 Å². The average molecular weight is 209 g/mol. The van der Waals surface area contributed by atoms with Crippen LogP contribution in [0.5, 0.6) is 0 Å². The molecule has 0 fully saturated rings. The summed E-state index contributed by atoms with van der Waals surface area (Å²) in [5.74, 6) is 0.515. The molecule has 0 aromatic heterocycles. The fraction of sp³-hybridized carbons (Fsp3) is 0.273. The monoisotopic (exact) mass is 209 g/mol. The van der Waals surface area contributed by atoms with Gasteiger partial charge in [-0.15, -0.1) is 6.58 Å². The Labute approximate surface area is 87.5 Å². The molecule has 1 aromatic carbocycles. The molecule has 1 unspecified atom stereocenters. The minimum absolute atomic E-state index is 0.515. The van der Waals surface area contributed by atoms with Crippen LogP contribution in [0.25, 0.3) is 0 Å². The summed E-state index contributed by atoms with van der Waals surface area (Å²) in [6.07, 6.45) is 1.69. The zero-order valence-electron chi connectivity index (χ0n) is 8.32. The van der Waals surface area contributed by atoms with Gasteiger partial charge in [0.05, 0.1) is 10.8 Å². The third-order valence-electron chi connectivity index (χ3n) is 1.85. The van der Waals surface area contributed by atoms with E-state index in [1.54, 1.807) is 6.08 Å². The largest absolute Gasteiger partial charge is 0.316 e. The Morgan fingerprint density at radius 3 is 2.86 bits per heavy atom. The third-order valence-corrected chi connectivity index (χ3v) is 3.28. The molecule has 1 aromatic rings. The summed E-state index contributed by atoms with van der Waals surface area (Å²) in [5, 5.41) is 3.06. The van der Waals surface area contributed by atoms with Crippen LogP contribution in [0.3, 0.4) is 0 Å². The van der Waals surface area contributed by atoms with E-state index in [1.165, 1.54) is 0 Å². The van der Waals surface area contributed by atoms with E-state index in [4.69, 9.17) is 0 Å². The van der Waals surface area contributed by atoms with Crippen molar-refractivity contribution in [2.24, 2.45) is 0 Å². The Morgan fingerprint density at radius 1 is 1.50 bits per heavy atom. The smallest absolute Gasteiger partial charge is 0.0571 e. The standard InChI is InChI=1S/C11H15NOS/c1-3-8-14(13)11-7-5-4-6-10(11)9-12-2/h3-7,12H,1,8-9H2,2H3. The fourth-order valence-electron chi connectivity index (χ4n) is 1.26. The van der Waals surface area contributed by atoms with Gasteiger partial charge < -0.3 is 5.32 Å². The molecule has 0 saturated heterocycles. The van der Waals surface area contributed by atoms with Crippen molar-refractivity contribution in [3.05, 3.63) is 42.5 Å². The molecule has 0 amide bonds. The molecule has 0 saturated carbocycles. The first-order valence-electron chi connectivity index (χ1n) is 4.51. The number of nitrogens with one attached hydrogen (secondary N) is 1. The molecule has 0 spiro atoms. The van der Waals surface area contributed by atoms with Crippen molar-refractivity contribution < 1.29 is 4.21 Å².